The zero-order chi connectivity index (χ0) is 20.6. The number of nitrogens with one attached hydrogen (secondary N) is 1. The van der Waals surface area contributed by atoms with E-state index in [-0.39, 0.29) is 11.9 Å². The summed E-state index contributed by atoms with van der Waals surface area (Å²) in [6.07, 6.45) is 3.08. The Morgan fingerprint density at radius 3 is 2.55 bits per heavy atom. The molecule has 1 aliphatic heterocycles. The van der Waals surface area contributed by atoms with Gasteiger partial charge in [0.1, 0.15) is 11.5 Å². The molecule has 0 aromatic heterocycles. The molecule has 2 aromatic rings. The maximum absolute atomic E-state index is 12.2. The number of methoxy groups -OCH3 is 1. The van der Waals surface area contributed by atoms with Crippen LogP contribution in [0, 0.1) is 6.92 Å². The monoisotopic (exact) mass is 416 g/mol. The Bertz CT molecular complexity index is 802. The number of anilines is 1. The molecule has 1 N–H and O–H groups in total. The minimum absolute atomic E-state index is 0.101. The lowest BCUT2D eigenvalue weighted by atomic mass is 10.0. The molecule has 0 spiro atoms. The van der Waals surface area contributed by atoms with Crippen molar-refractivity contribution < 1.29 is 14.3 Å². The van der Waals surface area contributed by atoms with E-state index in [1.807, 2.05) is 37.3 Å². The number of hydrogen-bond acceptors (Lipinski definition) is 4. The molecule has 1 aliphatic rings. The maximum Gasteiger partial charge on any atom is 0.220 e. The van der Waals surface area contributed by atoms with Crippen molar-refractivity contribution in [2.75, 3.05) is 31.7 Å². The normalized spacial score (nSPS) is 14.5. The Kier molecular flexibility index (Phi) is 7.64. The number of amides is 1. The van der Waals surface area contributed by atoms with Crippen LogP contribution >= 0.6 is 11.6 Å². The number of ether oxygens (including phenoxy) is 2. The first kappa shape index (κ1) is 21.3. The molecular formula is C23H29ClN2O3. The van der Waals surface area contributed by atoms with E-state index < -0.39 is 0 Å². The van der Waals surface area contributed by atoms with E-state index in [2.05, 4.69) is 22.3 Å². The fraction of sp³-hybridized carbons (Fsp3) is 0.435. The summed E-state index contributed by atoms with van der Waals surface area (Å²) in [5.74, 6) is 1.79. The Hall–Kier alpha value is -2.40. The van der Waals surface area contributed by atoms with Crippen LogP contribution in [0.15, 0.2) is 42.5 Å². The highest BCUT2D eigenvalue weighted by molar-refractivity contribution is 6.30. The molecule has 0 atom stereocenters. The number of carbonyl (C=O) groups excluding carboxylic acids is 1. The fourth-order valence-electron chi connectivity index (χ4n) is 3.56. The average molecular weight is 417 g/mol. The number of aryl methyl sites for hydroxylation is 1. The number of carbonyl (C=O) groups is 1. The third kappa shape index (κ3) is 6.29. The molecule has 1 fully saturated rings. The van der Waals surface area contributed by atoms with Crippen molar-refractivity contribution in [1.82, 2.24) is 5.32 Å². The van der Waals surface area contributed by atoms with Crippen molar-refractivity contribution in [1.29, 1.82) is 0 Å². The van der Waals surface area contributed by atoms with Crippen LogP contribution in [0.3, 0.4) is 0 Å². The zero-order valence-corrected chi connectivity index (χ0v) is 17.9. The van der Waals surface area contributed by atoms with Crippen LogP contribution in [0.1, 0.15) is 31.2 Å². The quantitative estimate of drug-likeness (QED) is 0.639. The molecule has 0 radical (unpaired) electrons. The van der Waals surface area contributed by atoms with Crippen LogP contribution in [-0.2, 0) is 4.79 Å². The van der Waals surface area contributed by atoms with Gasteiger partial charge in [-0.25, -0.2) is 0 Å². The zero-order valence-electron chi connectivity index (χ0n) is 17.1. The SMILES string of the molecule is COc1ccc(N2CCC(NC(=O)CCCOc3ccc(Cl)cc3C)CC2)cc1. The largest absolute Gasteiger partial charge is 0.497 e. The first-order chi connectivity index (χ1) is 14.0. The van der Waals surface area contributed by atoms with Gasteiger partial charge in [-0.2, -0.15) is 0 Å². The molecular weight excluding hydrogens is 388 g/mol. The van der Waals surface area contributed by atoms with Gasteiger partial charge in [-0.05, 0) is 74.2 Å². The summed E-state index contributed by atoms with van der Waals surface area (Å²) >= 11 is 5.95. The van der Waals surface area contributed by atoms with Gasteiger partial charge >= 0.3 is 0 Å². The maximum atomic E-state index is 12.2. The molecule has 29 heavy (non-hydrogen) atoms. The van der Waals surface area contributed by atoms with Crippen molar-refractivity contribution in [2.45, 2.75) is 38.6 Å². The van der Waals surface area contributed by atoms with Gasteiger partial charge in [-0.3, -0.25) is 4.79 Å². The topological polar surface area (TPSA) is 50.8 Å². The Labute approximate surface area is 177 Å². The van der Waals surface area contributed by atoms with Crippen molar-refractivity contribution in [3.8, 4) is 11.5 Å². The predicted molar refractivity (Wildman–Crippen MR) is 117 cm³/mol. The third-order valence-electron chi connectivity index (χ3n) is 5.24. The molecule has 5 nitrogen and oxygen atoms in total. The second-order valence-electron chi connectivity index (χ2n) is 7.39. The highest BCUT2D eigenvalue weighted by atomic mass is 35.5. The molecule has 156 valence electrons. The lowest BCUT2D eigenvalue weighted by molar-refractivity contribution is -0.122. The molecule has 1 heterocycles. The van der Waals surface area contributed by atoms with Crippen LogP contribution in [0.25, 0.3) is 0 Å². The molecule has 0 saturated carbocycles. The third-order valence-corrected chi connectivity index (χ3v) is 5.48. The number of piperidine rings is 1. The summed E-state index contributed by atoms with van der Waals surface area (Å²) in [5, 5.41) is 3.87. The smallest absolute Gasteiger partial charge is 0.220 e. The predicted octanol–water partition coefficient (Wildman–Crippen LogP) is 4.60. The van der Waals surface area contributed by atoms with E-state index in [0.29, 0.717) is 24.5 Å². The number of halogens is 1. The standard InChI is InChI=1S/C23H29ClN2O3/c1-17-16-18(24)5-10-22(17)29-15-3-4-23(27)25-19-11-13-26(14-12-19)20-6-8-21(28-2)9-7-20/h5-10,16,19H,3-4,11-15H2,1-2H3,(H,25,27). The van der Waals surface area contributed by atoms with Crippen LogP contribution in [0.5, 0.6) is 11.5 Å². The highest BCUT2D eigenvalue weighted by Gasteiger charge is 2.20. The van der Waals surface area contributed by atoms with E-state index in [9.17, 15) is 4.79 Å². The Morgan fingerprint density at radius 2 is 1.90 bits per heavy atom. The molecule has 1 saturated heterocycles. The lowest BCUT2D eigenvalue weighted by Gasteiger charge is -2.34. The molecule has 6 heteroatoms. The Morgan fingerprint density at radius 1 is 1.17 bits per heavy atom. The first-order valence-corrected chi connectivity index (χ1v) is 10.5. The fourth-order valence-corrected chi connectivity index (χ4v) is 3.79. The summed E-state index contributed by atoms with van der Waals surface area (Å²) in [6, 6.07) is 13.9. The summed E-state index contributed by atoms with van der Waals surface area (Å²) in [4.78, 5) is 14.6. The van der Waals surface area contributed by atoms with Crippen LogP contribution in [0.2, 0.25) is 5.02 Å². The van der Waals surface area contributed by atoms with Crippen molar-refractivity contribution in [2.24, 2.45) is 0 Å². The number of hydrogen-bond donors (Lipinski definition) is 1. The molecule has 2 aromatic carbocycles. The molecule has 0 bridgehead atoms. The van der Waals surface area contributed by atoms with Crippen molar-refractivity contribution in [3.63, 3.8) is 0 Å². The average Bonchev–Trinajstić information content (AvgIpc) is 2.73. The van der Waals surface area contributed by atoms with E-state index in [1.54, 1.807) is 7.11 Å². The van der Waals surface area contributed by atoms with Crippen molar-refractivity contribution in [3.05, 3.63) is 53.1 Å². The summed E-state index contributed by atoms with van der Waals surface area (Å²) in [7, 11) is 1.67. The van der Waals surface area contributed by atoms with Crippen LogP contribution in [-0.4, -0.2) is 38.8 Å². The molecule has 0 aliphatic carbocycles. The summed E-state index contributed by atoms with van der Waals surface area (Å²) in [5.41, 5.74) is 2.20. The van der Waals surface area contributed by atoms with Gasteiger partial charge in [0.05, 0.1) is 13.7 Å². The number of rotatable bonds is 8. The molecule has 0 unspecified atom stereocenters. The van der Waals surface area contributed by atoms with Gasteiger partial charge in [0, 0.05) is 36.3 Å². The van der Waals surface area contributed by atoms with Crippen LogP contribution < -0.4 is 19.7 Å². The van der Waals surface area contributed by atoms with Gasteiger partial charge in [0.2, 0.25) is 5.91 Å². The summed E-state index contributed by atoms with van der Waals surface area (Å²) in [6.45, 7) is 4.37. The minimum Gasteiger partial charge on any atom is -0.497 e. The van der Waals surface area contributed by atoms with Gasteiger partial charge in [-0.15, -0.1) is 0 Å². The van der Waals surface area contributed by atoms with Gasteiger partial charge < -0.3 is 19.7 Å². The van der Waals surface area contributed by atoms with Crippen molar-refractivity contribution >= 4 is 23.2 Å². The lowest BCUT2D eigenvalue weighted by Crippen LogP contribution is -2.44. The Balaban J connectivity index is 1.34. The number of nitrogens with zero attached hydrogens (tertiary/aromatic N) is 1. The van der Waals surface area contributed by atoms with Crippen LogP contribution in [0.4, 0.5) is 5.69 Å². The van der Waals surface area contributed by atoms with E-state index >= 15 is 0 Å². The van der Waals surface area contributed by atoms with E-state index in [0.717, 1.165) is 43.0 Å². The summed E-state index contributed by atoms with van der Waals surface area (Å²) < 4.78 is 11.0. The number of benzene rings is 2. The second-order valence-corrected chi connectivity index (χ2v) is 7.83. The molecule has 1 amide bonds. The van der Waals surface area contributed by atoms with E-state index in [4.69, 9.17) is 21.1 Å². The minimum atomic E-state index is 0.101. The van der Waals surface area contributed by atoms with Gasteiger partial charge in [-0.1, -0.05) is 11.6 Å². The van der Waals surface area contributed by atoms with Gasteiger partial charge in [0.25, 0.3) is 0 Å². The first-order valence-electron chi connectivity index (χ1n) is 10.1. The second kappa shape index (κ2) is 10.4. The molecule has 3 rings (SSSR count). The highest BCUT2D eigenvalue weighted by Crippen LogP contribution is 2.23. The van der Waals surface area contributed by atoms with E-state index in [1.165, 1.54) is 5.69 Å². The van der Waals surface area contributed by atoms with Gasteiger partial charge in [0.15, 0.2) is 0 Å².